The minimum absolute atomic E-state index is 0.0131. The number of rotatable bonds is 2. The van der Waals surface area contributed by atoms with Crippen LogP contribution in [0.1, 0.15) is 45.6 Å². The van der Waals surface area contributed by atoms with E-state index < -0.39 is 5.60 Å². The molecule has 0 aliphatic carbocycles. The molecule has 5 nitrogen and oxygen atoms in total. The smallest absolute Gasteiger partial charge is 0.410 e. The zero-order valence-electron chi connectivity index (χ0n) is 14.3. The molecule has 1 aromatic carbocycles. The van der Waals surface area contributed by atoms with Gasteiger partial charge >= 0.3 is 6.09 Å². The zero-order valence-corrected chi connectivity index (χ0v) is 14.3. The molecule has 2 N–H and O–H groups in total. The fraction of sp³-hybridized carbons (Fsp3) is 0.611. The molecule has 1 saturated heterocycles. The number of carbonyl (C=O) groups is 1. The fourth-order valence-corrected chi connectivity index (χ4v) is 3.29. The van der Waals surface area contributed by atoms with Crippen molar-refractivity contribution in [3.8, 4) is 5.75 Å². The van der Waals surface area contributed by atoms with Crippen molar-refractivity contribution in [3.63, 3.8) is 0 Å². The van der Waals surface area contributed by atoms with Crippen LogP contribution >= 0.6 is 0 Å². The summed E-state index contributed by atoms with van der Waals surface area (Å²) in [5.74, 6) is 0.250. The van der Waals surface area contributed by atoms with Crippen LogP contribution in [0.2, 0.25) is 0 Å². The van der Waals surface area contributed by atoms with Crippen molar-refractivity contribution in [2.45, 2.75) is 51.7 Å². The van der Waals surface area contributed by atoms with Crippen LogP contribution in [-0.4, -0.2) is 46.0 Å². The number of likely N-dealkylation sites (tertiary alicyclic amines) is 1. The number of ether oxygens (including phenoxy) is 1. The molecule has 23 heavy (non-hydrogen) atoms. The molecular weight excluding hydrogens is 294 g/mol. The van der Waals surface area contributed by atoms with Crippen molar-refractivity contribution in [1.29, 1.82) is 0 Å². The summed E-state index contributed by atoms with van der Waals surface area (Å²) < 4.78 is 5.47. The SMILES string of the molecule is CC1C(CO)C(c2cccc(O)c2)CCN1C(=O)OC(C)(C)C. The number of aromatic hydroxyl groups is 1. The van der Waals surface area contributed by atoms with Crippen molar-refractivity contribution < 1.29 is 19.7 Å². The van der Waals surface area contributed by atoms with Crippen molar-refractivity contribution in [3.05, 3.63) is 29.8 Å². The Hall–Kier alpha value is -1.75. The van der Waals surface area contributed by atoms with Gasteiger partial charge in [-0.2, -0.15) is 0 Å². The van der Waals surface area contributed by atoms with Crippen LogP contribution in [-0.2, 0) is 4.74 Å². The van der Waals surface area contributed by atoms with E-state index in [1.165, 1.54) is 0 Å². The third-order valence-corrected chi connectivity index (χ3v) is 4.45. The van der Waals surface area contributed by atoms with Gasteiger partial charge in [0.1, 0.15) is 11.4 Å². The highest BCUT2D eigenvalue weighted by Crippen LogP contribution is 2.38. The summed E-state index contributed by atoms with van der Waals surface area (Å²) in [6.45, 7) is 8.04. The van der Waals surface area contributed by atoms with Crippen LogP contribution < -0.4 is 0 Å². The van der Waals surface area contributed by atoms with Gasteiger partial charge in [0.25, 0.3) is 0 Å². The van der Waals surface area contributed by atoms with Gasteiger partial charge in [0.2, 0.25) is 0 Å². The molecule has 0 spiro atoms. The van der Waals surface area contributed by atoms with Crippen molar-refractivity contribution >= 4 is 6.09 Å². The zero-order chi connectivity index (χ0) is 17.2. The van der Waals surface area contributed by atoms with Crippen LogP contribution in [0.3, 0.4) is 0 Å². The van der Waals surface area contributed by atoms with E-state index in [9.17, 15) is 15.0 Å². The highest BCUT2D eigenvalue weighted by atomic mass is 16.6. The van der Waals surface area contributed by atoms with Crippen LogP contribution in [0.4, 0.5) is 4.79 Å². The predicted octanol–water partition coefficient (Wildman–Crippen LogP) is 3.11. The standard InChI is InChI=1S/C18H27NO4/c1-12-16(11-20)15(13-6-5-7-14(21)10-13)8-9-19(12)17(22)23-18(2,3)4/h5-7,10,12,15-16,20-21H,8-9,11H2,1-4H3. The van der Waals surface area contributed by atoms with E-state index in [2.05, 4.69) is 0 Å². The van der Waals surface area contributed by atoms with Gasteiger partial charge in [0.15, 0.2) is 0 Å². The first-order valence-corrected chi connectivity index (χ1v) is 8.12. The lowest BCUT2D eigenvalue weighted by atomic mass is 9.76. The average Bonchev–Trinajstić information content (AvgIpc) is 2.44. The molecule has 0 bridgehead atoms. The summed E-state index contributed by atoms with van der Waals surface area (Å²) in [5.41, 5.74) is 0.466. The second-order valence-electron chi connectivity index (χ2n) is 7.25. The first kappa shape index (κ1) is 17.6. The van der Waals surface area contributed by atoms with Gasteiger partial charge in [0, 0.05) is 25.1 Å². The van der Waals surface area contributed by atoms with Crippen molar-refractivity contribution in [2.75, 3.05) is 13.2 Å². The number of phenolic OH excluding ortho intramolecular Hbond substituents is 1. The third-order valence-electron chi connectivity index (χ3n) is 4.45. The van der Waals surface area contributed by atoms with Gasteiger partial charge in [-0.05, 0) is 57.7 Å². The fourth-order valence-electron chi connectivity index (χ4n) is 3.29. The lowest BCUT2D eigenvalue weighted by Gasteiger charge is -2.43. The molecule has 2 rings (SSSR count). The number of phenols is 1. The summed E-state index contributed by atoms with van der Waals surface area (Å²) in [7, 11) is 0. The summed E-state index contributed by atoms with van der Waals surface area (Å²) >= 11 is 0. The maximum absolute atomic E-state index is 12.4. The van der Waals surface area contributed by atoms with Gasteiger partial charge in [-0.3, -0.25) is 0 Å². The van der Waals surface area contributed by atoms with Crippen molar-refractivity contribution in [2.24, 2.45) is 5.92 Å². The summed E-state index contributed by atoms with van der Waals surface area (Å²) in [6, 6.07) is 7.02. The molecule has 3 unspecified atom stereocenters. The minimum Gasteiger partial charge on any atom is -0.508 e. The Kier molecular flexibility index (Phi) is 5.19. The minimum atomic E-state index is -0.534. The number of hydrogen-bond acceptors (Lipinski definition) is 4. The van der Waals surface area contributed by atoms with Crippen LogP contribution in [0, 0.1) is 5.92 Å². The molecule has 0 radical (unpaired) electrons. The van der Waals surface area contributed by atoms with E-state index in [1.54, 1.807) is 17.0 Å². The molecule has 3 atom stereocenters. The van der Waals surface area contributed by atoms with E-state index >= 15 is 0 Å². The van der Waals surface area contributed by atoms with Crippen LogP contribution in [0.25, 0.3) is 0 Å². The lowest BCUT2D eigenvalue weighted by Crippen LogP contribution is -2.52. The van der Waals surface area contributed by atoms with Gasteiger partial charge < -0.3 is 19.8 Å². The normalized spacial score (nSPS) is 25.3. The van der Waals surface area contributed by atoms with E-state index in [-0.39, 0.29) is 36.3 Å². The number of piperidine rings is 1. The van der Waals surface area contributed by atoms with Crippen LogP contribution in [0.15, 0.2) is 24.3 Å². The molecule has 1 aromatic rings. The number of amides is 1. The Labute approximate surface area is 137 Å². The molecule has 1 fully saturated rings. The molecule has 0 aromatic heterocycles. The highest BCUT2D eigenvalue weighted by molar-refractivity contribution is 5.68. The molecular formula is C18H27NO4. The first-order valence-electron chi connectivity index (χ1n) is 8.12. The van der Waals surface area contributed by atoms with Gasteiger partial charge in [-0.25, -0.2) is 4.79 Å². The molecule has 0 saturated carbocycles. The number of aliphatic hydroxyl groups excluding tert-OH is 1. The van der Waals surface area contributed by atoms with E-state index in [0.717, 1.165) is 12.0 Å². The summed E-state index contributed by atoms with van der Waals surface area (Å²) in [4.78, 5) is 14.1. The average molecular weight is 321 g/mol. The van der Waals surface area contributed by atoms with E-state index in [4.69, 9.17) is 4.74 Å². The largest absolute Gasteiger partial charge is 0.508 e. The molecule has 1 amide bonds. The molecule has 1 heterocycles. The molecule has 5 heteroatoms. The number of hydrogen-bond donors (Lipinski definition) is 2. The molecule has 1 aliphatic heterocycles. The first-order chi connectivity index (χ1) is 10.7. The Morgan fingerprint density at radius 2 is 2.09 bits per heavy atom. The quantitative estimate of drug-likeness (QED) is 0.878. The maximum atomic E-state index is 12.4. The van der Waals surface area contributed by atoms with Gasteiger partial charge in [-0.1, -0.05) is 12.1 Å². The highest BCUT2D eigenvalue weighted by Gasteiger charge is 2.39. The Morgan fingerprint density at radius 1 is 1.39 bits per heavy atom. The molecule has 128 valence electrons. The topological polar surface area (TPSA) is 70.0 Å². The lowest BCUT2D eigenvalue weighted by molar-refractivity contribution is -0.00764. The van der Waals surface area contributed by atoms with Crippen molar-refractivity contribution in [1.82, 2.24) is 4.90 Å². The van der Waals surface area contributed by atoms with Gasteiger partial charge in [0.05, 0.1) is 0 Å². The number of aliphatic hydroxyl groups is 1. The monoisotopic (exact) mass is 321 g/mol. The third kappa shape index (κ3) is 4.16. The number of benzene rings is 1. The summed E-state index contributed by atoms with van der Waals surface area (Å²) in [6.07, 6.45) is 0.399. The number of carbonyl (C=O) groups excluding carboxylic acids is 1. The van der Waals surface area contributed by atoms with E-state index in [1.807, 2.05) is 39.8 Å². The maximum Gasteiger partial charge on any atom is 0.410 e. The molecule has 1 aliphatic rings. The Morgan fingerprint density at radius 3 is 2.65 bits per heavy atom. The number of nitrogens with zero attached hydrogens (tertiary/aromatic N) is 1. The summed E-state index contributed by atoms with van der Waals surface area (Å²) in [5, 5.41) is 19.5. The van der Waals surface area contributed by atoms with Gasteiger partial charge in [-0.15, -0.1) is 0 Å². The Balaban J connectivity index is 2.17. The predicted molar refractivity (Wildman–Crippen MR) is 88.4 cm³/mol. The second-order valence-corrected chi connectivity index (χ2v) is 7.25. The second kappa shape index (κ2) is 6.79. The Bertz CT molecular complexity index is 552. The van der Waals surface area contributed by atoms with Crippen LogP contribution in [0.5, 0.6) is 5.75 Å². The van der Waals surface area contributed by atoms with E-state index in [0.29, 0.717) is 6.54 Å².